The van der Waals surface area contributed by atoms with Crippen molar-refractivity contribution in [2.24, 2.45) is 0 Å². The number of benzene rings is 1. The number of esters is 1. The maximum absolute atomic E-state index is 12.1. The molecule has 5 nitrogen and oxygen atoms in total. The summed E-state index contributed by atoms with van der Waals surface area (Å²) in [6.07, 6.45) is -0.113. The molecule has 1 amide bonds. The number of hydrogen-bond acceptors (Lipinski definition) is 4. The monoisotopic (exact) mass is 369 g/mol. The summed E-state index contributed by atoms with van der Waals surface area (Å²) in [5.41, 5.74) is -0.682. The van der Waals surface area contributed by atoms with Crippen molar-refractivity contribution in [3.05, 3.63) is 34.3 Å². The van der Waals surface area contributed by atoms with Crippen LogP contribution in [-0.4, -0.2) is 30.3 Å². The van der Waals surface area contributed by atoms with E-state index in [9.17, 15) is 9.59 Å². The zero-order valence-electron chi connectivity index (χ0n) is 13.1. The molecular weight excluding hydrogens is 350 g/mol. The Kier molecular flexibility index (Phi) is 4.52. The van der Waals surface area contributed by atoms with Crippen LogP contribution in [0.4, 0.5) is 4.79 Å². The highest BCUT2D eigenvalue weighted by Crippen LogP contribution is 2.52. The molecular formula is C16H20BrNO4. The maximum atomic E-state index is 12.1. The first kappa shape index (κ1) is 16.8. The van der Waals surface area contributed by atoms with Crippen molar-refractivity contribution in [2.45, 2.75) is 44.2 Å². The molecule has 0 saturated heterocycles. The topological polar surface area (TPSA) is 64.6 Å². The van der Waals surface area contributed by atoms with E-state index in [4.69, 9.17) is 9.47 Å². The molecule has 0 radical (unpaired) electrons. The van der Waals surface area contributed by atoms with Crippen LogP contribution >= 0.6 is 15.9 Å². The lowest BCUT2D eigenvalue weighted by Crippen LogP contribution is -2.47. The number of halogens is 1. The molecule has 1 aromatic rings. The highest BCUT2D eigenvalue weighted by Gasteiger charge is 2.63. The first-order valence-corrected chi connectivity index (χ1v) is 7.82. The first-order chi connectivity index (χ1) is 10.2. The molecule has 1 fully saturated rings. The molecule has 1 aliphatic rings. The third-order valence-corrected chi connectivity index (χ3v) is 4.04. The molecule has 120 valence electrons. The molecule has 0 aromatic heterocycles. The van der Waals surface area contributed by atoms with Gasteiger partial charge in [-0.2, -0.15) is 0 Å². The van der Waals surface area contributed by atoms with Crippen LogP contribution in [0, 0.1) is 0 Å². The van der Waals surface area contributed by atoms with Crippen molar-refractivity contribution in [2.75, 3.05) is 7.11 Å². The van der Waals surface area contributed by atoms with Crippen molar-refractivity contribution in [1.29, 1.82) is 0 Å². The molecule has 1 aromatic carbocycles. The van der Waals surface area contributed by atoms with Crippen LogP contribution in [-0.2, 0) is 14.3 Å². The van der Waals surface area contributed by atoms with E-state index in [0.29, 0.717) is 6.42 Å². The van der Waals surface area contributed by atoms with Gasteiger partial charge in [0.2, 0.25) is 0 Å². The van der Waals surface area contributed by atoms with E-state index in [1.807, 2.05) is 24.3 Å². The van der Waals surface area contributed by atoms with E-state index in [-0.39, 0.29) is 5.92 Å². The largest absolute Gasteiger partial charge is 0.467 e. The second kappa shape index (κ2) is 5.91. The summed E-state index contributed by atoms with van der Waals surface area (Å²) < 4.78 is 11.1. The van der Waals surface area contributed by atoms with Crippen LogP contribution in [0.5, 0.6) is 0 Å². The highest BCUT2D eigenvalue weighted by atomic mass is 79.9. The number of nitrogens with one attached hydrogen (secondary N) is 1. The molecule has 1 N–H and O–H groups in total. The molecule has 0 unspecified atom stereocenters. The van der Waals surface area contributed by atoms with Crippen LogP contribution in [0.1, 0.15) is 38.7 Å². The molecule has 0 bridgehead atoms. The summed E-state index contributed by atoms with van der Waals surface area (Å²) in [5, 5.41) is 2.69. The molecule has 2 atom stereocenters. The Morgan fingerprint density at radius 1 is 1.27 bits per heavy atom. The Balaban J connectivity index is 2.16. The SMILES string of the molecule is COC(=O)[C@@]1(NC(=O)OC(C)(C)C)C[C@@H]1c1ccc(Br)cc1. The van der Waals surface area contributed by atoms with E-state index in [2.05, 4.69) is 21.2 Å². The summed E-state index contributed by atoms with van der Waals surface area (Å²) in [5.74, 6) is -0.563. The van der Waals surface area contributed by atoms with Gasteiger partial charge in [0.05, 0.1) is 7.11 Å². The van der Waals surface area contributed by atoms with Gasteiger partial charge in [-0.25, -0.2) is 9.59 Å². The van der Waals surface area contributed by atoms with Crippen LogP contribution in [0.25, 0.3) is 0 Å². The zero-order chi connectivity index (χ0) is 16.5. The number of rotatable bonds is 3. The normalized spacial score (nSPS) is 23.6. The Hall–Kier alpha value is -1.56. The lowest BCUT2D eigenvalue weighted by Gasteiger charge is -2.23. The fraction of sp³-hybridized carbons (Fsp3) is 0.500. The van der Waals surface area contributed by atoms with Crippen LogP contribution in [0.2, 0.25) is 0 Å². The van der Waals surface area contributed by atoms with Gasteiger partial charge < -0.3 is 14.8 Å². The summed E-state index contributed by atoms with van der Waals surface area (Å²) in [6.45, 7) is 5.32. The molecule has 1 aliphatic carbocycles. The van der Waals surface area contributed by atoms with Gasteiger partial charge in [-0.05, 0) is 44.9 Å². The van der Waals surface area contributed by atoms with Gasteiger partial charge in [-0.15, -0.1) is 0 Å². The van der Waals surface area contributed by atoms with Gasteiger partial charge in [0, 0.05) is 10.4 Å². The maximum Gasteiger partial charge on any atom is 0.408 e. The number of hydrogen-bond donors (Lipinski definition) is 1. The number of carbonyl (C=O) groups excluding carboxylic acids is 2. The first-order valence-electron chi connectivity index (χ1n) is 7.03. The molecule has 0 aliphatic heterocycles. The Bertz CT molecular complexity index is 579. The Morgan fingerprint density at radius 2 is 1.86 bits per heavy atom. The van der Waals surface area contributed by atoms with Crippen molar-refractivity contribution >= 4 is 28.0 Å². The van der Waals surface area contributed by atoms with Crippen LogP contribution in [0.15, 0.2) is 28.7 Å². The second-order valence-electron chi connectivity index (χ2n) is 6.40. The molecule has 0 heterocycles. The number of amides is 1. The highest BCUT2D eigenvalue weighted by molar-refractivity contribution is 9.10. The zero-order valence-corrected chi connectivity index (χ0v) is 14.7. The van der Waals surface area contributed by atoms with Crippen molar-refractivity contribution < 1.29 is 19.1 Å². The Labute approximate surface area is 138 Å². The van der Waals surface area contributed by atoms with Crippen molar-refractivity contribution in [1.82, 2.24) is 5.32 Å². The average molecular weight is 370 g/mol. The number of carbonyl (C=O) groups is 2. The summed E-state index contributed by atoms with van der Waals surface area (Å²) >= 11 is 3.38. The minimum absolute atomic E-state index is 0.111. The van der Waals surface area contributed by atoms with Gasteiger partial charge in [-0.3, -0.25) is 0 Å². The molecule has 2 rings (SSSR count). The summed E-state index contributed by atoms with van der Waals surface area (Å²) in [7, 11) is 1.32. The van der Waals surface area contributed by atoms with E-state index >= 15 is 0 Å². The van der Waals surface area contributed by atoms with E-state index in [1.54, 1.807) is 20.8 Å². The van der Waals surface area contributed by atoms with Crippen LogP contribution < -0.4 is 5.32 Å². The van der Waals surface area contributed by atoms with Gasteiger partial charge >= 0.3 is 12.1 Å². The lowest BCUT2D eigenvalue weighted by molar-refractivity contribution is -0.144. The predicted octanol–water partition coefficient (Wildman–Crippen LogP) is 3.37. The predicted molar refractivity (Wildman–Crippen MR) is 85.6 cm³/mol. The number of methoxy groups -OCH3 is 1. The standard InChI is InChI=1S/C16H20BrNO4/c1-15(2,3)22-14(20)18-16(13(19)21-4)9-12(16)10-5-7-11(17)8-6-10/h5-8,12H,9H2,1-4H3,(H,18,20)/t12-,16-/m1/s1. The fourth-order valence-electron chi connectivity index (χ4n) is 2.44. The van der Waals surface area contributed by atoms with E-state index < -0.39 is 23.2 Å². The molecule has 1 saturated carbocycles. The van der Waals surface area contributed by atoms with Gasteiger partial charge in [-0.1, -0.05) is 28.1 Å². The number of alkyl carbamates (subject to hydrolysis) is 1. The summed E-state index contributed by atoms with van der Waals surface area (Å²) in [4.78, 5) is 24.2. The van der Waals surface area contributed by atoms with Gasteiger partial charge in [0.25, 0.3) is 0 Å². The quantitative estimate of drug-likeness (QED) is 0.829. The summed E-state index contributed by atoms with van der Waals surface area (Å²) in [6, 6.07) is 7.67. The third kappa shape index (κ3) is 3.61. The van der Waals surface area contributed by atoms with E-state index in [1.165, 1.54) is 7.11 Å². The average Bonchev–Trinajstić information content (AvgIpc) is 3.11. The van der Waals surface area contributed by atoms with E-state index in [0.717, 1.165) is 10.0 Å². The van der Waals surface area contributed by atoms with Crippen molar-refractivity contribution in [3.63, 3.8) is 0 Å². The number of ether oxygens (including phenoxy) is 2. The minimum atomic E-state index is -1.04. The second-order valence-corrected chi connectivity index (χ2v) is 7.31. The molecule has 22 heavy (non-hydrogen) atoms. The van der Waals surface area contributed by atoms with Crippen molar-refractivity contribution in [3.8, 4) is 0 Å². The van der Waals surface area contributed by atoms with Gasteiger partial charge in [0.1, 0.15) is 11.1 Å². The fourth-order valence-corrected chi connectivity index (χ4v) is 2.71. The van der Waals surface area contributed by atoms with Crippen LogP contribution in [0.3, 0.4) is 0 Å². The molecule has 6 heteroatoms. The molecule has 0 spiro atoms. The van der Waals surface area contributed by atoms with Gasteiger partial charge in [0.15, 0.2) is 0 Å². The third-order valence-electron chi connectivity index (χ3n) is 3.51. The minimum Gasteiger partial charge on any atom is -0.467 e. The lowest BCUT2D eigenvalue weighted by atomic mass is 10.1. The Morgan fingerprint density at radius 3 is 2.36 bits per heavy atom. The smallest absolute Gasteiger partial charge is 0.408 e.